The third-order valence-electron chi connectivity index (χ3n) is 4.65. The molecule has 0 unspecified atom stereocenters. The maximum absolute atomic E-state index is 12.7. The van der Waals surface area contributed by atoms with Gasteiger partial charge in [-0.3, -0.25) is 9.59 Å². The molecule has 1 aliphatic heterocycles. The third kappa shape index (κ3) is 3.46. The van der Waals surface area contributed by atoms with Crippen molar-refractivity contribution in [2.24, 2.45) is 0 Å². The Labute approximate surface area is 162 Å². The molecule has 0 atom stereocenters. The number of anilines is 2. The van der Waals surface area contributed by atoms with E-state index in [9.17, 15) is 9.59 Å². The molecule has 1 saturated heterocycles. The number of ether oxygens (including phenoxy) is 1. The zero-order chi connectivity index (χ0) is 19.5. The van der Waals surface area contributed by atoms with E-state index in [1.807, 2.05) is 42.5 Å². The average molecular weight is 376 g/mol. The van der Waals surface area contributed by atoms with Crippen molar-refractivity contribution in [2.45, 2.75) is 12.8 Å². The Hall–Kier alpha value is -3.61. The lowest BCUT2D eigenvalue weighted by atomic mass is 10.2. The van der Waals surface area contributed by atoms with Gasteiger partial charge in [0.2, 0.25) is 5.91 Å². The molecule has 2 aromatic carbocycles. The summed E-state index contributed by atoms with van der Waals surface area (Å²) in [4.78, 5) is 26.3. The molecule has 142 valence electrons. The van der Waals surface area contributed by atoms with Crippen LogP contribution in [0, 0.1) is 0 Å². The van der Waals surface area contributed by atoms with Crippen LogP contribution in [0.25, 0.3) is 5.69 Å². The number of nitrogens with one attached hydrogen (secondary N) is 1. The minimum Gasteiger partial charge on any atom is -0.493 e. The summed E-state index contributed by atoms with van der Waals surface area (Å²) in [5.41, 5.74) is 2.49. The van der Waals surface area contributed by atoms with Gasteiger partial charge in [0.05, 0.1) is 19.0 Å². The molecule has 7 nitrogen and oxygen atoms in total. The fourth-order valence-electron chi connectivity index (χ4n) is 3.21. The molecule has 0 bridgehead atoms. The third-order valence-corrected chi connectivity index (χ3v) is 4.65. The second-order valence-corrected chi connectivity index (χ2v) is 6.48. The smallest absolute Gasteiger partial charge is 0.280 e. The number of hydrogen-bond donors (Lipinski definition) is 1. The molecule has 1 fully saturated rings. The standard InChI is InChI=1S/C21H20N4O3/c1-28-18-14-25(17-6-3-2-4-7-17)23-20(18)21(27)22-15-9-11-16(12-10-15)24-13-5-8-19(24)26/h2-4,6-7,9-12,14H,5,8,13H2,1H3,(H,22,27). The summed E-state index contributed by atoms with van der Waals surface area (Å²) in [5.74, 6) is 0.158. The monoisotopic (exact) mass is 376 g/mol. The maximum atomic E-state index is 12.7. The van der Waals surface area contributed by atoms with Gasteiger partial charge in [-0.1, -0.05) is 18.2 Å². The normalized spacial score (nSPS) is 13.6. The van der Waals surface area contributed by atoms with Gasteiger partial charge in [-0.2, -0.15) is 5.10 Å². The Kier molecular flexibility index (Phi) is 4.80. The molecule has 1 aromatic heterocycles. The van der Waals surface area contributed by atoms with Gasteiger partial charge in [-0.25, -0.2) is 4.68 Å². The van der Waals surface area contributed by atoms with Gasteiger partial charge in [-0.15, -0.1) is 0 Å². The van der Waals surface area contributed by atoms with Crippen LogP contribution in [0.5, 0.6) is 5.75 Å². The van der Waals surface area contributed by atoms with E-state index in [0.717, 1.165) is 24.3 Å². The molecule has 1 N–H and O–H groups in total. The number of amides is 2. The minimum absolute atomic E-state index is 0.132. The van der Waals surface area contributed by atoms with Crippen LogP contribution in [0.1, 0.15) is 23.3 Å². The van der Waals surface area contributed by atoms with Crippen molar-refractivity contribution in [1.29, 1.82) is 0 Å². The van der Waals surface area contributed by atoms with Crippen LogP contribution in [0.3, 0.4) is 0 Å². The summed E-state index contributed by atoms with van der Waals surface area (Å²) in [6.45, 7) is 0.735. The topological polar surface area (TPSA) is 76.5 Å². The highest BCUT2D eigenvalue weighted by Crippen LogP contribution is 2.24. The summed E-state index contributed by atoms with van der Waals surface area (Å²) in [6.07, 6.45) is 3.13. The molecular weight excluding hydrogens is 356 g/mol. The van der Waals surface area contributed by atoms with Crippen LogP contribution in [0.2, 0.25) is 0 Å². The first-order chi connectivity index (χ1) is 13.7. The maximum Gasteiger partial charge on any atom is 0.280 e. The number of aromatic nitrogens is 2. The van der Waals surface area contributed by atoms with E-state index in [1.54, 1.807) is 27.9 Å². The quantitative estimate of drug-likeness (QED) is 0.742. The van der Waals surface area contributed by atoms with Crippen LogP contribution in [-0.4, -0.2) is 35.2 Å². The predicted molar refractivity (Wildman–Crippen MR) is 106 cm³/mol. The minimum atomic E-state index is -0.364. The fourth-order valence-corrected chi connectivity index (χ4v) is 3.21. The number of para-hydroxylation sites is 1. The second-order valence-electron chi connectivity index (χ2n) is 6.48. The molecule has 2 amide bonds. The van der Waals surface area contributed by atoms with Crippen molar-refractivity contribution >= 4 is 23.2 Å². The summed E-state index contributed by atoms with van der Waals surface area (Å²) in [7, 11) is 1.50. The van der Waals surface area contributed by atoms with Crippen molar-refractivity contribution in [3.8, 4) is 11.4 Å². The van der Waals surface area contributed by atoms with Gasteiger partial charge < -0.3 is 15.0 Å². The van der Waals surface area contributed by atoms with Gasteiger partial charge in [0.15, 0.2) is 11.4 Å². The average Bonchev–Trinajstić information content (AvgIpc) is 3.35. The van der Waals surface area contributed by atoms with Gasteiger partial charge in [0.1, 0.15) is 0 Å². The Bertz CT molecular complexity index is 996. The van der Waals surface area contributed by atoms with Crippen LogP contribution in [-0.2, 0) is 4.79 Å². The van der Waals surface area contributed by atoms with Crippen molar-refractivity contribution in [3.63, 3.8) is 0 Å². The number of nitrogens with zero attached hydrogens (tertiary/aromatic N) is 3. The lowest BCUT2D eigenvalue weighted by molar-refractivity contribution is -0.117. The number of methoxy groups -OCH3 is 1. The van der Waals surface area contributed by atoms with Crippen molar-refractivity contribution in [1.82, 2.24) is 9.78 Å². The van der Waals surface area contributed by atoms with Gasteiger partial charge >= 0.3 is 0 Å². The first-order valence-electron chi connectivity index (χ1n) is 9.06. The largest absolute Gasteiger partial charge is 0.493 e. The molecule has 1 aliphatic rings. The Morgan fingerprint density at radius 1 is 1.07 bits per heavy atom. The van der Waals surface area contributed by atoms with E-state index in [1.165, 1.54) is 7.11 Å². The number of carbonyl (C=O) groups is 2. The molecule has 0 aliphatic carbocycles. The Balaban J connectivity index is 1.52. The van der Waals surface area contributed by atoms with E-state index in [-0.39, 0.29) is 17.5 Å². The van der Waals surface area contributed by atoms with Crippen molar-refractivity contribution in [3.05, 3.63) is 66.5 Å². The SMILES string of the molecule is COc1cn(-c2ccccc2)nc1C(=O)Nc1ccc(N2CCCC2=O)cc1. The van der Waals surface area contributed by atoms with E-state index in [2.05, 4.69) is 10.4 Å². The summed E-state index contributed by atoms with van der Waals surface area (Å²) in [6, 6.07) is 16.7. The Morgan fingerprint density at radius 2 is 1.82 bits per heavy atom. The van der Waals surface area contributed by atoms with Crippen molar-refractivity contribution < 1.29 is 14.3 Å². The highest BCUT2D eigenvalue weighted by molar-refractivity contribution is 6.05. The predicted octanol–water partition coefficient (Wildman–Crippen LogP) is 3.26. The first kappa shape index (κ1) is 17.8. The van der Waals surface area contributed by atoms with E-state index in [4.69, 9.17) is 4.74 Å². The Morgan fingerprint density at radius 3 is 2.46 bits per heavy atom. The number of rotatable bonds is 5. The summed E-state index contributed by atoms with van der Waals surface area (Å²) in [5, 5.41) is 7.19. The zero-order valence-electron chi connectivity index (χ0n) is 15.5. The molecule has 0 radical (unpaired) electrons. The van der Waals surface area contributed by atoms with E-state index >= 15 is 0 Å². The molecule has 3 aromatic rings. The lowest BCUT2D eigenvalue weighted by Crippen LogP contribution is -2.23. The van der Waals surface area contributed by atoms with Gasteiger partial charge in [0, 0.05) is 24.3 Å². The molecule has 28 heavy (non-hydrogen) atoms. The fraction of sp³-hybridized carbons (Fsp3) is 0.190. The molecule has 2 heterocycles. The highest BCUT2D eigenvalue weighted by Gasteiger charge is 2.22. The zero-order valence-corrected chi connectivity index (χ0v) is 15.5. The molecular formula is C21H20N4O3. The molecule has 7 heteroatoms. The number of benzene rings is 2. The van der Waals surface area contributed by atoms with Gasteiger partial charge in [0.25, 0.3) is 5.91 Å². The number of carbonyl (C=O) groups excluding carboxylic acids is 2. The van der Waals surface area contributed by atoms with Gasteiger partial charge in [-0.05, 0) is 42.8 Å². The highest BCUT2D eigenvalue weighted by atomic mass is 16.5. The number of hydrogen-bond acceptors (Lipinski definition) is 4. The lowest BCUT2D eigenvalue weighted by Gasteiger charge is -2.16. The van der Waals surface area contributed by atoms with Crippen LogP contribution >= 0.6 is 0 Å². The van der Waals surface area contributed by atoms with E-state index < -0.39 is 0 Å². The van der Waals surface area contributed by atoms with Crippen LogP contribution in [0.15, 0.2) is 60.8 Å². The molecule has 0 spiro atoms. The summed E-state index contributed by atoms with van der Waals surface area (Å²) >= 11 is 0. The molecule has 4 rings (SSSR count). The van der Waals surface area contributed by atoms with Crippen molar-refractivity contribution in [2.75, 3.05) is 23.9 Å². The van der Waals surface area contributed by atoms with Crippen LogP contribution in [0.4, 0.5) is 11.4 Å². The van der Waals surface area contributed by atoms with Crippen LogP contribution < -0.4 is 15.0 Å². The summed E-state index contributed by atoms with van der Waals surface area (Å²) < 4.78 is 6.92. The second kappa shape index (κ2) is 7.56. The van der Waals surface area contributed by atoms with E-state index in [0.29, 0.717) is 17.9 Å². The first-order valence-corrected chi connectivity index (χ1v) is 9.06. The molecule has 0 saturated carbocycles.